The van der Waals surface area contributed by atoms with Crippen molar-refractivity contribution in [1.82, 2.24) is 20.2 Å². The van der Waals surface area contributed by atoms with Crippen LogP contribution < -0.4 is 10.8 Å². The zero-order chi connectivity index (χ0) is 26.7. The van der Waals surface area contributed by atoms with E-state index in [2.05, 4.69) is 27.1 Å². The van der Waals surface area contributed by atoms with Gasteiger partial charge in [0.1, 0.15) is 12.1 Å². The summed E-state index contributed by atoms with van der Waals surface area (Å²) in [5, 5.41) is 11.3. The number of carbonyl (C=O) groups is 2. The van der Waals surface area contributed by atoms with Crippen LogP contribution in [0.1, 0.15) is 66.8 Å². The topological polar surface area (TPSA) is 117 Å². The molecule has 1 amide bonds. The van der Waals surface area contributed by atoms with Crippen molar-refractivity contribution in [3.8, 4) is 11.3 Å². The maximum atomic E-state index is 11.4. The molecule has 1 aromatic carbocycles. The zero-order valence-corrected chi connectivity index (χ0v) is 22.4. The number of aromatic nitrogens is 2. The molecule has 3 N–H and O–H groups in total. The van der Waals surface area contributed by atoms with E-state index in [0.717, 1.165) is 35.5 Å². The number of H-pyrrole nitrogens is 1. The van der Waals surface area contributed by atoms with Gasteiger partial charge in [0.15, 0.2) is 0 Å². The van der Waals surface area contributed by atoms with Crippen molar-refractivity contribution in [3.63, 3.8) is 0 Å². The van der Waals surface area contributed by atoms with E-state index in [1.54, 1.807) is 0 Å². The minimum atomic E-state index is -1.20. The Morgan fingerprint density at radius 2 is 1.81 bits per heavy atom. The van der Waals surface area contributed by atoms with Crippen molar-refractivity contribution in [1.29, 1.82) is 0 Å². The van der Waals surface area contributed by atoms with Crippen LogP contribution in [0, 0.1) is 5.92 Å². The number of hydrogen-bond acceptors (Lipinski definition) is 6. The maximum Gasteiger partial charge on any atom is 0.494 e. The molecule has 1 aromatic heterocycles. The molecule has 0 radical (unpaired) electrons. The van der Waals surface area contributed by atoms with Gasteiger partial charge in [-0.15, -0.1) is 0 Å². The number of rotatable bonds is 11. The lowest BCUT2D eigenvalue weighted by molar-refractivity contribution is -0.110. The minimum Gasteiger partial charge on any atom is -0.465 e. The first-order valence-corrected chi connectivity index (χ1v) is 12.6. The summed E-state index contributed by atoms with van der Waals surface area (Å²) in [5.41, 5.74) is 2.11. The number of hydrogen-bond donors (Lipinski definition) is 3. The first kappa shape index (κ1) is 27.9. The lowest BCUT2D eigenvalue weighted by Crippen LogP contribution is -2.45. The van der Waals surface area contributed by atoms with Crippen LogP contribution in [0.4, 0.5) is 4.79 Å². The van der Waals surface area contributed by atoms with Gasteiger partial charge in [0.2, 0.25) is 0 Å². The van der Waals surface area contributed by atoms with Crippen LogP contribution >= 0.6 is 0 Å². The quantitative estimate of drug-likeness (QED) is 0.320. The molecule has 2 unspecified atom stereocenters. The molecular weight excluding hydrogens is 459 g/mol. The van der Waals surface area contributed by atoms with E-state index in [0.29, 0.717) is 12.8 Å². The monoisotopic (exact) mass is 498 g/mol. The minimum absolute atomic E-state index is 0.00681. The van der Waals surface area contributed by atoms with E-state index in [4.69, 9.17) is 14.4 Å². The average molecular weight is 498 g/mol. The Morgan fingerprint density at radius 1 is 1.19 bits per heavy atom. The van der Waals surface area contributed by atoms with Gasteiger partial charge in [-0.2, -0.15) is 0 Å². The van der Waals surface area contributed by atoms with Crippen LogP contribution in [-0.2, 0) is 14.1 Å². The van der Waals surface area contributed by atoms with Crippen molar-refractivity contribution in [2.75, 3.05) is 13.1 Å². The summed E-state index contributed by atoms with van der Waals surface area (Å²) in [7, 11) is -0.406. The summed E-state index contributed by atoms with van der Waals surface area (Å²) >= 11 is 0. The Hall–Kier alpha value is -2.69. The summed E-state index contributed by atoms with van der Waals surface area (Å²) in [6.45, 7) is 15.5. The fourth-order valence-electron chi connectivity index (χ4n) is 4.49. The number of amides is 1. The molecule has 2 heterocycles. The molecule has 1 aliphatic rings. The normalized spacial score (nSPS) is 19.2. The highest BCUT2D eigenvalue weighted by Crippen LogP contribution is 2.36. The first-order chi connectivity index (χ1) is 16.9. The molecule has 36 heavy (non-hydrogen) atoms. The van der Waals surface area contributed by atoms with E-state index in [1.807, 2.05) is 72.0 Å². The first-order valence-electron chi connectivity index (χ1n) is 12.6. The van der Waals surface area contributed by atoms with Gasteiger partial charge >= 0.3 is 13.2 Å². The van der Waals surface area contributed by atoms with Gasteiger partial charge in [0.25, 0.3) is 0 Å². The van der Waals surface area contributed by atoms with Gasteiger partial charge in [-0.05, 0) is 57.6 Å². The van der Waals surface area contributed by atoms with Crippen molar-refractivity contribution < 1.29 is 24.0 Å². The zero-order valence-electron chi connectivity index (χ0n) is 22.4. The highest BCUT2D eigenvalue weighted by molar-refractivity contribution is 6.62. The van der Waals surface area contributed by atoms with E-state index >= 15 is 0 Å². The largest absolute Gasteiger partial charge is 0.494 e. The summed E-state index contributed by atoms with van der Waals surface area (Å²) in [4.78, 5) is 32.8. The van der Waals surface area contributed by atoms with Crippen LogP contribution in [0.5, 0.6) is 0 Å². The van der Waals surface area contributed by atoms with Crippen LogP contribution in [-0.4, -0.2) is 69.8 Å². The predicted octanol–water partition coefficient (Wildman–Crippen LogP) is 3.62. The third-order valence-corrected chi connectivity index (χ3v) is 7.46. The van der Waals surface area contributed by atoms with Crippen LogP contribution in [0.15, 0.2) is 30.5 Å². The molecule has 0 spiro atoms. The summed E-state index contributed by atoms with van der Waals surface area (Å²) in [5.74, 6) is 0.648. The Balaban J connectivity index is 1.73. The van der Waals surface area contributed by atoms with Crippen molar-refractivity contribution >= 4 is 25.0 Å². The molecule has 0 saturated carbocycles. The second-order valence-corrected chi connectivity index (χ2v) is 10.5. The third kappa shape index (κ3) is 5.99. The second kappa shape index (κ2) is 11.1. The van der Waals surface area contributed by atoms with Gasteiger partial charge in [-0.1, -0.05) is 45.0 Å². The Kier molecular flexibility index (Phi) is 8.64. The van der Waals surface area contributed by atoms with Crippen LogP contribution in [0.2, 0.25) is 0 Å². The number of aromatic amines is 1. The van der Waals surface area contributed by atoms with E-state index in [-0.39, 0.29) is 23.2 Å². The van der Waals surface area contributed by atoms with Crippen LogP contribution in [0.25, 0.3) is 11.3 Å². The van der Waals surface area contributed by atoms with Gasteiger partial charge in [-0.3, -0.25) is 4.90 Å². The van der Waals surface area contributed by atoms with Crippen LogP contribution in [0.3, 0.4) is 0 Å². The standard InChI is InChI=1S/C26H39BN4O5/c1-8-22(31(9-2)15-17(3)21(16-32)30-24(33)34)23-28-14-20(29-23)18-10-12-19(13-11-18)27-35-25(4,5)26(6,7)36-27/h10-14,16-17,21-22,30H,8-9,15H2,1-7H3,(H,28,29)(H,33,34)/t17?,21?,22-/m1/s1. The molecule has 0 bridgehead atoms. The van der Waals surface area contributed by atoms with Gasteiger partial charge in [-0.25, -0.2) is 9.78 Å². The molecule has 196 valence electrons. The molecule has 2 aromatic rings. The SMILES string of the molecule is CC[C@H](c1ncc(-c2ccc(B3OC(C)(C)C(C)(C)O3)cc2)[nH]1)N(CC)CC(C)C(C=O)NC(=O)O. The van der Waals surface area contributed by atoms with E-state index < -0.39 is 19.3 Å². The lowest BCUT2D eigenvalue weighted by Gasteiger charge is -2.32. The van der Waals surface area contributed by atoms with Gasteiger partial charge < -0.3 is 29.5 Å². The second-order valence-electron chi connectivity index (χ2n) is 10.5. The smallest absolute Gasteiger partial charge is 0.465 e. The van der Waals surface area contributed by atoms with Crippen molar-refractivity contribution in [2.24, 2.45) is 5.92 Å². The molecule has 1 aliphatic heterocycles. The number of nitrogens with one attached hydrogen (secondary N) is 2. The Morgan fingerprint density at radius 3 is 2.31 bits per heavy atom. The van der Waals surface area contributed by atoms with Gasteiger partial charge in [0.05, 0.1) is 35.2 Å². The number of aldehydes is 1. The molecule has 10 heteroatoms. The molecule has 3 atom stereocenters. The average Bonchev–Trinajstić information content (AvgIpc) is 3.39. The summed E-state index contributed by atoms with van der Waals surface area (Å²) < 4.78 is 12.3. The molecule has 9 nitrogen and oxygen atoms in total. The summed E-state index contributed by atoms with van der Waals surface area (Å²) in [6.07, 6.45) is 2.10. The highest BCUT2D eigenvalue weighted by Gasteiger charge is 2.51. The predicted molar refractivity (Wildman–Crippen MR) is 140 cm³/mol. The molecule has 3 rings (SSSR count). The molecule has 1 saturated heterocycles. The molecular formula is C26H39BN4O5. The number of nitrogens with zero attached hydrogens (tertiary/aromatic N) is 2. The molecule has 1 fully saturated rings. The third-order valence-electron chi connectivity index (χ3n) is 7.46. The number of carboxylic acid groups (broad SMARTS) is 1. The lowest BCUT2D eigenvalue weighted by atomic mass is 9.79. The highest BCUT2D eigenvalue weighted by atomic mass is 16.7. The Labute approximate surface area is 214 Å². The molecule has 0 aliphatic carbocycles. The fraction of sp³-hybridized carbons (Fsp3) is 0.577. The van der Waals surface area contributed by atoms with Crippen molar-refractivity contribution in [2.45, 2.75) is 78.2 Å². The van der Waals surface area contributed by atoms with E-state index in [1.165, 1.54) is 0 Å². The Bertz CT molecular complexity index is 1020. The fourth-order valence-corrected chi connectivity index (χ4v) is 4.49. The van der Waals surface area contributed by atoms with Crippen molar-refractivity contribution in [3.05, 3.63) is 36.3 Å². The number of imidazole rings is 1. The number of carbonyl (C=O) groups excluding carboxylic acids is 1. The number of benzene rings is 1. The maximum absolute atomic E-state index is 11.4. The van der Waals surface area contributed by atoms with E-state index in [9.17, 15) is 9.59 Å². The summed E-state index contributed by atoms with van der Waals surface area (Å²) in [6, 6.07) is 7.35. The van der Waals surface area contributed by atoms with Gasteiger partial charge in [0, 0.05) is 6.54 Å².